The SMILES string of the molecule is C=CCNc1ccc(NC(=O)c2ccc3c(c2)OCO3)cc1. The van der Waals surface area contributed by atoms with Gasteiger partial charge in [-0.1, -0.05) is 6.08 Å². The lowest BCUT2D eigenvalue weighted by Crippen LogP contribution is -2.11. The summed E-state index contributed by atoms with van der Waals surface area (Å²) in [4.78, 5) is 12.2. The highest BCUT2D eigenvalue weighted by Crippen LogP contribution is 2.32. The van der Waals surface area contributed by atoms with Crippen LogP contribution >= 0.6 is 0 Å². The Morgan fingerprint density at radius 1 is 1.09 bits per heavy atom. The number of hydrogen-bond donors (Lipinski definition) is 2. The van der Waals surface area contributed by atoms with E-state index in [0.717, 1.165) is 11.4 Å². The van der Waals surface area contributed by atoms with Crippen LogP contribution in [-0.2, 0) is 0 Å². The number of rotatable bonds is 5. The molecule has 2 N–H and O–H groups in total. The Morgan fingerprint density at radius 2 is 1.82 bits per heavy atom. The first-order chi connectivity index (χ1) is 10.8. The summed E-state index contributed by atoms with van der Waals surface area (Å²) in [6.45, 7) is 4.54. The Balaban J connectivity index is 1.67. The quantitative estimate of drug-likeness (QED) is 0.831. The maximum absolute atomic E-state index is 12.2. The maximum Gasteiger partial charge on any atom is 0.255 e. The van der Waals surface area contributed by atoms with E-state index in [-0.39, 0.29) is 12.7 Å². The molecule has 0 spiro atoms. The molecule has 22 heavy (non-hydrogen) atoms. The van der Waals surface area contributed by atoms with E-state index < -0.39 is 0 Å². The fourth-order valence-electron chi connectivity index (χ4n) is 2.10. The molecule has 1 aliphatic rings. The third kappa shape index (κ3) is 3.03. The van der Waals surface area contributed by atoms with Crippen molar-refractivity contribution in [3.8, 4) is 11.5 Å². The predicted octanol–water partition coefficient (Wildman–Crippen LogP) is 3.27. The molecule has 3 rings (SSSR count). The number of amides is 1. The van der Waals surface area contributed by atoms with Crippen LogP contribution in [0.5, 0.6) is 11.5 Å². The second-order valence-corrected chi connectivity index (χ2v) is 4.77. The Kier molecular flexibility index (Phi) is 3.96. The van der Waals surface area contributed by atoms with Gasteiger partial charge in [0.15, 0.2) is 11.5 Å². The zero-order valence-electron chi connectivity index (χ0n) is 12.0. The van der Waals surface area contributed by atoms with Crippen molar-refractivity contribution in [1.29, 1.82) is 0 Å². The molecule has 112 valence electrons. The number of benzene rings is 2. The second kappa shape index (κ2) is 6.22. The number of anilines is 2. The average Bonchev–Trinajstić information content (AvgIpc) is 3.01. The summed E-state index contributed by atoms with van der Waals surface area (Å²) in [5, 5.41) is 6.02. The Hall–Kier alpha value is -2.95. The van der Waals surface area contributed by atoms with Crippen LogP contribution in [-0.4, -0.2) is 19.2 Å². The Morgan fingerprint density at radius 3 is 2.59 bits per heavy atom. The molecule has 5 heteroatoms. The highest BCUT2D eigenvalue weighted by molar-refractivity contribution is 6.04. The fraction of sp³-hybridized carbons (Fsp3) is 0.118. The molecule has 1 aliphatic heterocycles. The third-order valence-electron chi connectivity index (χ3n) is 3.23. The molecule has 0 atom stereocenters. The van der Waals surface area contributed by atoms with Gasteiger partial charge in [-0.3, -0.25) is 4.79 Å². The first-order valence-corrected chi connectivity index (χ1v) is 6.92. The standard InChI is InChI=1S/C17H16N2O3/c1-2-9-18-13-4-6-14(7-5-13)19-17(20)12-3-8-15-16(10-12)22-11-21-15/h2-8,10,18H,1,9,11H2,(H,19,20). The van der Waals surface area contributed by atoms with Crippen LogP contribution in [0, 0.1) is 0 Å². The van der Waals surface area contributed by atoms with E-state index in [4.69, 9.17) is 9.47 Å². The van der Waals surface area contributed by atoms with Gasteiger partial charge in [0.05, 0.1) is 0 Å². The predicted molar refractivity (Wildman–Crippen MR) is 85.6 cm³/mol. The number of nitrogens with one attached hydrogen (secondary N) is 2. The molecule has 0 saturated carbocycles. The topological polar surface area (TPSA) is 59.6 Å². The van der Waals surface area contributed by atoms with Crippen LogP contribution in [0.3, 0.4) is 0 Å². The van der Waals surface area contributed by atoms with E-state index in [2.05, 4.69) is 17.2 Å². The van der Waals surface area contributed by atoms with E-state index in [1.807, 2.05) is 24.3 Å². The molecule has 0 unspecified atom stereocenters. The highest BCUT2D eigenvalue weighted by atomic mass is 16.7. The Bertz CT molecular complexity index is 696. The van der Waals surface area contributed by atoms with Gasteiger partial charge in [0.25, 0.3) is 5.91 Å². The summed E-state index contributed by atoms with van der Waals surface area (Å²) in [5.74, 6) is 1.07. The van der Waals surface area contributed by atoms with Crippen LogP contribution < -0.4 is 20.1 Å². The molecule has 2 aromatic carbocycles. The van der Waals surface area contributed by atoms with Crippen molar-refractivity contribution >= 4 is 17.3 Å². The molecular weight excluding hydrogens is 280 g/mol. The van der Waals surface area contributed by atoms with E-state index in [9.17, 15) is 4.79 Å². The minimum absolute atomic E-state index is 0.190. The lowest BCUT2D eigenvalue weighted by Gasteiger charge is -2.08. The summed E-state index contributed by atoms with van der Waals surface area (Å²) in [6, 6.07) is 12.6. The highest BCUT2D eigenvalue weighted by Gasteiger charge is 2.16. The van der Waals surface area contributed by atoms with Crippen molar-refractivity contribution in [3.05, 3.63) is 60.7 Å². The summed E-state index contributed by atoms with van der Waals surface area (Å²) < 4.78 is 10.5. The number of hydrogen-bond acceptors (Lipinski definition) is 4. The second-order valence-electron chi connectivity index (χ2n) is 4.77. The number of fused-ring (bicyclic) bond motifs is 1. The molecule has 0 fully saturated rings. The lowest BCUT2D eigenvalue weighted by molar-refractivity contribution is 0.102. The van der Waals surface area contributed by atoms with Crippen molar-refractivity contribution in [2.75, 3.05) is 24.0 Å². The molecule has 0 aromatic heterocycles. The minimum atomic E-state index is -0.190. The monoisotopic (exact) mass is 296 g/mol. The maximum atomic E-state index is 12.2. The van der Waals surface area contributed by atoms with Gasteiger partial charge in [0, 0.05) is 23.5 Å². The van der Waals surface area contributed by atoms with E-state index in [1.165, 1.54) is 0 Å². The average molecular weight is 296 g/mol. The van der Waals surface area contributed by atoms with Gasteiger partial charge in [-0.05, 0) is 42.5 Å². The van der Waals surface area contributed by atoms with Crippen molar-refractivity contribution in [2.45, 2.75) is 0 Å². The summed E-state index contributed by atoms with van der Waals surface area (Å²) in [5.41, 5.74) is 2.23. The van der Waals surface area contributed by atoms with Gasteiger partial charge >= 0.3 is 0 Å². The van der Waals surface area contributed by atoms with Gasteiger partial charge in [-0.25, -0.2) is 0 Å². The molecule has 0 saturated heterocycles. The van der Waals surface area contributed by atoms with Gasteiger partial charge in [0.2, 0.25) is 6.79 Å². The largest absolute Gasteiger partial charge is 0.454 e. The third-order valence-corrected chi connectivity index (χ3v) is 3.23. The van der Waals surface area contributed by atoms with Crippen molar-refractivity contribution in [1.82, 2.24) is 0 Å². The van der Waals surface area contributed by atoms with Crippen molar-refractivity contribution in [3.63, 3.8) is 0 Å². The van der Waals surface area contributed by atoms with E-state index in [0.29, 0.717) is 23.6 Å². The number of carbonyl (C=O) groups excluding carboxylic acids is 1. The van der Waals surface area contributed by atoms with Gasteiger partial charge in [0.1, 0.15) is 0 Å². The van der Waals surface area contributed by atoms with E-state index in [1.54, 1.807) is 24.3 Å². The van der Waals surface area contributed by atoms with Crippen LogP contribution in [0.4, 0.5) is 11.4 Å². The Labute approximate surface area is 128 Å². The zero-order chi connectivity index (χ0) is 15.4. The number of ether oxygens (including phenoxy) is 2. The molecule has 1 amide bonds. The number of carbonyl (C=O) groups is 1. The summed E-state index contributed by atoms with van der Waals surface area (Å²) >= 11 is 0. The summed E-state index contributed by atoms with van der Waals surface area (Å²) in [6.07, 6.45) is 1.79. The van der Waals surface area contributed by atoms with Gasteiger partial charge < -0.3 is 20.1 Å². The van der Waals surface area contributed by atoms with Crippen LogP contribution in [0.15, 0.2) is 55.1 Å². The first-order valence-electron chi connectivity index (χ1n) is 6.92. The summed E-state index contributed by atoms with van der Waals surface area (Å²) in [7, 11) is 0. The fourth-order valence-corrected chi connectivity index (χ4v) is 2.10. The van der Waals surface area contributed by atoms with Gasteiger partial charge in [-0.2, -0.15) is 0 Å². The first kappa shape index (κ1) is 14.0. The zero-order valence-corrected chi connectivity index (χ0v) is 12.0. The van der Waals surface area contributed by atoms with Crippen LogP contribution in [0.2, 0.25) is 0 Å². The molecule has 2 aromatic rings. The molecule has 0 radical (unpaired) electrons. The molecule has 1 heterocycles. The molecule has 5 nitrogen and oxygen atoms in total. The lowest BCUT2D eigenvalue weighted by atomic mass is 10.2. The van der Waals surface area contributed by atoms with Gasteiger partial charge in [-0.15, -0.1) is 6.58 Å². The van der Waals surface area contributed by atoms with Crippen LogP contribution in [0.1, 0.15) is 10.4 Å². The van der Waals surface area contributed by atoms with E-state index >= 15 is 0 Å². The normalized spacial score (nSPS) is 11.8. The van der Waals surface area contributed by atoms with Crippen molar-refractivity contribution in [2.24, 2.45) is 0 Å². The minimum Gasteiger partial charge on any atom is -0.454 e. The molecular formula is C17H16N2O3. The van der Waals surface area contributed by atoms with Crippen molar-refractivity contribution < 1.29 is 14.3 Å². The smallest absolute Gasteiger partial charge is 0.255 e. The van der Waals surface area contributed by atoms with Crippen LogP contribution in [0.25, 0.3) is 0 Å². The molecule has 0 aliphatic carbocycles. The molecule has 0 bridgehead atoms.